The summed E-state index contributed by atoms with van der Waals surface area (Å²) in [7, 11) is -3.60. The molecule has 2 aromatic rings. The minimum absolute atomic E-state index is 0.124. The Hall–Kier alpha value is -2.13. The highest BCUT2D eigenvalue weighted by Gasteiger charge is 2.25. The van der Waals surface area contributed by atoms with Crippen molar-refractivity contribution in [3.05, 3.63) is 58.1 Å². The standard InChI is InChI=1S/C21H22Cl2N2O5S/c22-16-7-10-18(23)19(13-16)24-20(26)14-30-21(27)15-5-8-17(9-6-15)31(28,29)25-11-3-1-2-4-12-25/h5-10,13H,1-4,11-12,14H2,(H,24,26). The Balaban J connectivity index is 1.58. The van der Waals surface area contributed by atoms with E-state index in [0.29, 0.717) is 28.8 Å². The van der Waals surface area contributed by atoms with Crippen molar-refractivity contribution in [2.75, 3.05) is 25.0 Å². The van der Waals surface area contributed by atoms with Crippen LogP contribution in [0.5, 0.6) is 0 Å². The number of nitrogens with one attached hydrogen (secondary N) is 1. The van der Waals surface area contributed by atoms with Crippen molar-refractivity contribution in [2.45, 2.75) is 30.6 Å². The van der Waals surface area contributed by atoms with Gasteiger partial charge in [0.15, 0.2) is 6.61 Å². The summed E-state index contributed by atoms with van der Waals surface area (Å²) < 4.78 is 32.1. The monoisotopic (exact) mass is 484 g/mol. The lowest BCUT2D eigenvalue weighted by Crippen LogP contribution is -2.31. The smallest absolute Gasteiger partial charge is 0.338 e. The average molecular weight is 485 g/mol. The Morgan fingerprint density at radius 2 is 1.61 bits per heavy atom. The summed E-state index contributed by atoms with van der Waals surface area (Å²) in [4.78, 5) is 24.4. The predicted octanol–water partition coefficient (Wildman–Crippen LogP) is 4.35. The van der Waals surface area contributed by atoms with E-state index in [1.54, 1.807) is 6.07 Å². The van der Waals surface area contributed by atoms with Crippen LogP contribution in [-0.4, -0.2) is 44.3 Å². The van der Waals surface area contributed by atoms with Crippen molar-refractivity contribution in [3.63, 3.8) is 0 Å². The minimum Gasteiger partial charge on any atom is -0.452 e. The van der Waals surface area contributed by atoms with Crippen LogP contribution in [0.1, 0.15) is 36.0 Å². The van der Waals surface area contributed by atoms with Crippen LogP contribution in [0.25, 0.3) is 0 Å². The molecule has 0 aliphatic carbocycles. The first-order valence-electron chi connectivity index (χ1n) is 9.79. The largest absolute Gasteiger partial charge is 0.452 e. The summed E-state index contributed by atoms with van der Waals surface area (Å²) >= 11 is 11.9. The minimum atomic E-state index is -3.60. The van der Waals surface area contributed by atoms with Gasteiger partial charge < -0.3 is 10.1 Å². The van der Waals surface area contributed by atoms with Gasteiger partial charge in [-0.15, -0.1) is 0 Å². The van der Waals surface area contributed by atoms with Gasteiger partial charge in [0.1, 0.15) is 0 Å². The van der Waals surface area contributed by atoms with E-state index in [-0.39, 0.29) is 10.5 Å². The molecule has 0 radical (unpaired) electrons. The number of rotatable bonds is 6. The molecule has 31 heavy (non-hydrogen) atoms. The summed E-state index contributed by atoms with van der Waals surface area (Å²) in [6.45, 7) is 0.464. The molecule has 166 valence electrons. The number of nitrogens with zero attached hydrogens (tertiary/aromatic N) is 1. The zero-order valence-corrected chi connectivity index (χ0v) is 19.0. The molecule has 3 rings (SSSR count). The fraction of sp³-hybridized carbons (Fsp3) is 0.333. The second-order valence-corrected chi connectivity index (χ2v) is 9.87. The first kappa shape index (κ1) is 23.5. The highest BCUT2D eigenvalue weighted by Crippen LogP contribution is 2.25. The van der Waals surface area contributed by atoms with Crippen LogP contribution in [0.3, 0.4) is 0 Å². The third-order valence-electron chi connectivity index (χ3n) is 4.83. The molecule has 0 atom stereocenters. The highest BCUT2D eigenvalue weighted by molar-refractivity contribution is 7.89. The van der Waals surface area contributed by atoms with Crippen LogP contribution < -0.4 is 5.32 Å². The maximum Gasteiger partial charge on any atom is 0.338 e. The Morgan fingerprint density at radius 1 is 0.968 bits per heavy atom. The fourth-order valence-electron chi connectivity index (χ4n) is 3.19. The van der Waals surface area contributed by atoms with E-state index in [0.717, 1.165) is 25.7 Å². The van der Waals surface area contributed by atoms with Crippen LogP contribution >= 0.6 is 23.2 Å². The van der Waals surface area contributed by atoms with Crippen LogP contribution in [-0.2, 0) is 19.6 Å². The van der Waals surface area contributed by atoms with Gasteiger partial charge in [0, 0.05) is 18.1 Å². The molecule has 0 aromatic heterocycles. The summed E-state index contributed by atoms with van der Waals surface area (Å²) in [6.07, 6.45) is 3.72. The van der Waals surface area contributed by atoms with Gasteiger partial charge in [0.25, 0.3) is 5.91 Å². The zero-order chi connectivity index (χ0) is 22.4. The molecule has 1 aliphatic heterocycles. The number of anilines is 1. The van der Waals surface area contributed by atoms with E-state index in [1.807, 2.05) is 0 Å². The Kier molecular flexibility index (Phi) is 7.94. The van der Waals surface area contributed by atoms with Crippen molar-refractivity contribution >= 4 is 50.8 Å². The number of ether oxygens (including phenoxy) is 1. The molecule has 0 saturated carbocycles. The van der Waals surface area contributed by atoms with Gasteiger partial charge in [-0.05, 0) is 55.3 Å². The molecule has 1 heterocycles. The number of sulfonamides is 1. The van der Waals surface area contributed by atoms with Gasteiger partial charge >= 0.3 is 5.97 Å². The van der Waals surface area contributed by atoms with Gasteiger partial charge in [-0.25, -0.2) is 13.2 Å². The van der Waals surface area contributed by atoms with Crippen LogP contribution in [0.15, 0.2) is 47.4 Å². The van der Waals surface area contributed by atoms with E-state index < -0.39 is 28.5 Å². The quantitative estimate of drug-likeness (QED) is 0.614. The molecular weight excluding hydrogens is 463 g/mol. The van der Waals surface area contributed by atoms with E-state index in [9.17, 15) is 18.0 Å². The number of carbonyl (C=O) groups is 2. The van der Waals surface area contributed by atoms with E-state index in [2.05, 4.69) is 5.32 Å². The molecule has 10 heteroatoms. The normalized spacial score (nSPS) is 15.2. The maximum absolute atomic E-state index is 12.8. The van der Waals surface area contributed by atoms with E-state index in [4.69, 9.17) is 27.9 Å². The molecule has 1 N–H and O–H groups in total. The van der Waals surface area contributed by atoms with Crippen molar-refractivity contribution < 1.29 is 22.7 Å². The zero-order valence-electron chi connectivity index (χ0n) is 16.6. The lowest BCUT2D eigenvalue weighted by molar-refractivity contribution is -0.119. The van der Waals surface area contributed by atoms with E-state index in [1.165, 1.54) is 40.7 Å². The van der Waals surface area contributed by atoms with Crippen molar-refractivity contribution in [3.8, 4) is 0 Å². The Morgan fingerprint density at radius 3 is 2.26 bits per heavy atom. The number of benzene rings is 2. The second kappa shape index (κ2) is 10.5. The molecule has 0 unspecified atom stereocenters. The van der Waals surface area contributed by atoms with Crippen LogP contribution in [0.2, 0.25) is 10.0 Å². The lowest BCUT2D eigenvalue weighted by atomic mass is 10.2. The van der Waals surface area contributed by atoms with Crippen LogP contribution in [0, 0.1) is 0 Å². The van der Waals surface area contributed by atoms with Gasteiger partial charge in [0.05, 0.1) is 21.2 Å². The topological polar surface area (TPSA) is 92.8 Å². The molecule has 1 aliphatic rings. The molecular formula is C21H22Cl2N2O5S. The molecule has 2 aromatic carbocycles. The SMILES string of the molecule is O=C(COC(=O)c1ccc(S(=O)(=O)N2CCCCCC2)cc1)Nc1cc(Cl)ccc1Cl. The first-order valence-corrected chi connectivity index (χ1v) is 12.0. The maximum atomic E-state index is 12.8. The van der Waals surface area contributed by atoms with Crippen LogP contribution in [0.4, 0.5) is 5.69 Å². The molecule has 0 bridgehead atoms. The molecule has 1 fully saturated rings. The number of halogens is 2. The Bertz CT molecular complexity index is 1050. The molecule has 0 spiro atoms. The summed E-state index contributed by atoms with van der Waals surface area (Å²) in [5.74, 6) is -1.33. The fourth-order valence-corrected chi connectivity index (χ4v) is 5.04. The summed E-state index contributed by atoms with van der Waals surface area (Å²) in [5, 5.41) is 3.20. The second-order valence-electron chi connectivity index (χ2n) is 7.09. The van der Waals surface area contributed by atoms with Gasteiger partial charge in [-0.2, -0.15) is 4.31 Å². The van der Waals surface area contributed by atoms with Crippen molar-refractivity contribution in [2.24, 2.45) is 0 Å². The number of esters is 1. The van der Waals surface area contributed by atoms with Gasteiger partial charge in [-0.3, -0.25) is 4.79 Å². The number of hydrogen-bond donors (Lipinski definition) is 1. The Labute approximate surface area is 191 Å². The highest BCUT2D eigenvalue weighted by atomic mass is 35.5. The molecule has 7 nitrogen and oxygen atoms in total. The third kappa shape index (κ3) is 6.20. The number of amides is 1. The molecule has 1 saturated heterocycles. The molecule has 1 amide bonds. The summed E-state index contributed by atoms with van der Waals surface area (Å²) in [5.41, 5.74) is 0.446. The third-order valence-corrected chi connectivity index (χ3v) is 7.31. The number of hydrogen-bond acceptors (Lipinski definition) is 5. The number of carbonyl (C=O) groups excluding carboxylic acids is 2. The predicted molar refractivity (Wildman–Crippen MR) is 119 cm³/mol. The first-order chi connectivity index (χ1) is 14.8. The lowest BCUT2D eigenvalue weighted by Gasteiger charge is -2.20. The average Bonchev–Trinajstić information content (AvgIpc) is 3.05. The van der Waals surface area contributed by atoms with Crippen molar-refractivity contribution in [1.82, 2.24) is 4.31 Å². The van der Waals surface area contributed by atoms with Gasteiger partial charge in [0.2, 0.25) is 10.0 Å². The van der Waals surface area contributed by atoms with E-state index >= 15 is 0 Å². The summed E-state index contributed by atoms with van der Waals surface area (Å²) in [6, 6.07) is 10.1. The van der Waals surface area contributed by atoms with Crippen molar-refractivity contribution in [1.29, 1.82) is 0 Å². The van der Waals surface area contributed by atoms with Gasteiger partial charge in [-0.1, -0.05) is 36.0 Å².